The molecule has 0 N–H and O–H groups in total. The minimum atomic E-state index is -0.345. The molecule has 2 aliphatic heterocycles. The molecule has 3 heterocycles. The maximum Gasteiger partial charge on any atom is 0.227 e. The SMILES string of the molecule is O=C(Cc1ccccc1F)N1CC2(CC(Oc3ccccn3)CCO2)C1. The molecule has 4 rings (SSSR count). The van der Waals surface area contributed by atoms with Crippen LogP contribution in [0.4, 0.5) is 4.39 Å². The highest BCUT2D eigenvalue weighted by Crippen LogP contribution is 2.35. The molecule has 2 aliphatic rings. The van der Waals surface area contributed by atoms with E-state index in [0.29, 0.717) is 31.1 Å². The van der Waals surface area contributed by atoms with Crippen LogP contribution in [0.25, 0.3) is 0 Å². The number of carbonyl (C=O) groups excluding carboxylic acids is 1. The summed E-state index contributed by atoms with van der Waals surface area (Å²) >= 11 is 0. The number of halogens is 1. The zero-order valence-corrected chi connectivity index (χ0v) is 14.4. The molecular weight excluding hydrogens is 335 g/mol. The number of ether oxygens (including phenoxy) is 2. The number of nitrogens with zero attached hydrogens (tertiary/aromatic N) is 2. The van der Waals surface area contributed by atoms with Crippen LogP contribution in [0, 0.1) is 5.82 Å². The third-order valence-corrected chi connectivity index (χ3v) is 4.98. The highest BCUT2D eigenvalue weighted by atomic mass is 19.1. The molecule has 0 saturated carbocycles. The molecule has 1 aromatic heterocycles. The molecule has 1 unspecified atom stereocenters. The smallest absolute Gasteiger partial charge is 0.227 e. The van der Waals surface area contributed by atoms with Crippen molar-refractivity contribution in [3.63, 3.8) is 0 Å². The van der Waals surface area contributed by atoms with Gasteiger partial charge in [-0.15, -0.1) is 0 Å². The van der Waals surface area contributed by atoms with Gasteiger partial charge in [-0.05, 0) is 17.7 Å². The first-order valence-corrected chi connectivity index (χ1v) is 8.86. The van der Waals surface area contributed by atoms with Crippen LogP contribution >= 0.6 is 0 Å². The van der Waals surface area contributed by atoms with Crippen molar-refractivity contribution in [1.82, 2.24) is 9.88 Å². The molecule has 2 aromatic rings. The van der Waals surface area contributed by atoms with Crippen LogP contribution in [0.1, 0.15) is 18.4 Å². The number of likely N-dealkylation sites (tertiary alicyclic amines) is 1. The van der Waals surface area contributed by atoms with Crippen LogP contribution in [0.5, 0.6) is 5.88 Å². The zero-order valence-electron chi connectivity index (χ0n) is 14.4. The maximum atomic E-state index is 13.7. The Morgan fingerprint density at radius 3 is 2.85 bits per heavy atom. The van der Waals surface area contributed by atoms with Crippen molar-refractivity contribution < 1.29 is 18.7 Å². The van der Waals surface area contributed by atoms with Crippen molar-refractivity contribution in [2.75, 3.05) is 19.7 Å². The first kappa shape index (κ1) is 17.0. The van der Waals surface area contributed by atoms with Crippen LogP contribution in [-0.4, -0.2) is 47.2 Å². The van der Waals surface area contributed by atoms with Gasteiger partial charge >= 0.3 is 0 Å². The van der Waals surface area contributed by atoms with E-state index in [1.165, 1.54) is 6.07 Å². The Kier molecular flexibility index (Phi) is 4.59. The summed E-state index contributed by atoms with van der Waals surface area (Å²) in [5, 5.41) is 0. The van der Waals surface area contributed by atoms with Gasteiger partial charge in [0.05, 0.1) is 26.1 Å². The number of carbonyl (C=O) groups is 1. The van der Waals surface area contributed by atoms with Crippen molar-refractivity contribution in [2.24, 2.45) is 0 Å². The molecule has 1 amide bonds. The molecule has 1 aromatic carbocycles. The van der Waals surface area contributed by atoms with E-state index < -0.39 is 0 Å². The number of amides is 1. The van der Waals surface area contributed by atoms with Gasteiger partial charge in [-0.25, -0.2) is 9.37 Å². The fourth-order valence-corrected chi connectivity index (χ4v) is 3.63. The van der Waals surface area contributed by atoms with E-state index in [1.807, 2.05) is 18.2 Å². The van der Waals surface area contributed by atoms with Gasteiger partial charge in [0.15, 0.2) is 0 Å². The maximum absolute atomic E-state index is 13.7. The van der Waals surface area contributed by atoms with Gasteiger partial charge in [-0.3, -0.25) is 4.79 Å². The first-order valence-electron chi connectivity index (χ1n) is 8.86. The van der Waals surface area contributed by atoms with E-state index in [-0.39, 0.29) is 29.9 Å². The predicted octanol–water partition coefficient (Wildman–Crippen LogP) is 2.60. The fourth-order valence-electron chi connectivity index (χ4n) is 3.63. The van der Waals surface area contributed by atoms with Gasteiger partial charge in [0.2, 0.25) is 11.8 Å². The third-order valence-electron chi connectivity index (χ3n) is 4.98. The standard InChI is InChI=1S/C20H21FN2O3/c21-17-6-2-1-5-15(17)11-19(24)23-13-20(14-23)12-16(8-10-25-20)26-18-7-3-4-9-22-18/h1-7,9,16H,8,10-14H2. The Morgan fingerprint density at radius 2 is 2.08 bits per heavy atom. The Labute approximate surface area is 151 Å². The second-order valence-electron chi connectivity index (χ2n) is 6.95. The van der Waals surface area contributed by atoms with E-state index in [4.69, 9.17) is 9.47 Å². The van der Waals surface area contributed by atoms with Gasteiger partial charge in [0, 0.05) is 25.1 Å². The average molecular weight is 356 g/mol. The second-order valence-corrected chi connectivity index (χ2v) is 6.95. The Hall–Kier alpha value is -2.47. The number of pyridine rings is 1. The quantitative estimate of drug-likeness (QED) is 0.845. The molecule has 6 heteroatoms. The fraction of sp³-hybridized carbons (Fsp3) is 0.400. The summed E-state index contributed by atoms with van der Waals surface area (Å²) in [5.74, 6) is 0.201. The lowest BCUT2D eigenvalue weighted by Gasteiger charge is -2.52. The highest BCUT2D eigenvalue weighted by molar-refractivity contribution is 5.80. The third kappa shape index (κ3) is 3.55. The lowest BCUT2D eigenvalue weighted by atomic mass is 9.84. The minimum Gasteiger partial charge on any atom is -0.474 e. The summed E-state index contributed by atoms with van der Waals surface area (Å²) in [4.78, 5) is 18.3. The molecule has 2 fully saturated rings. The average Bonchev–Trinajstić information content (AvgIpc) is 2.62. The monoisotopic (exact) mass is 356 g/mol. The van der Waals surface area contributed by atoms with Crippen molar-refractivity contribution in [2.45, 2.75) is 31.0 Å². The first-order chi connectivity index (χ1) is 12.6. The van der Waals surface area contributed by atoms with Crippen LogP contribution in [0.3, 0.4) is 0 Å². The molecule has 26 heavy (non-hydrogen) atoms. The molecule has 1 spiro atoms. The summed E-state index contributed by atoms with van der Waals surface area (Å²) in [5.41, 5.74) is 0.0853. The normalized spacial score (nSPS) is 21.3. The van der Waals surface area contributed by atoms with Gasteiger partial charge in [0.25, 0.3) is 0 Å². The Morgan fingerprint density at radius 1 is 1.27 bits per heavy atom. The van der Waals surface area contributed by atoms with E-state index in [1.54, 1.807) is 29.3 Å². The summed E-state index contributed by atoms with van der Waals surface area (Å²) in [7, 11) is 0. The van der Waals surface area contributed by atoms with Gasteiger partial charge in [0.1, 0.15) is 17.5 Å². The summed E-state index contributed by atoms with van der Waals surface area (Å²) in [6, 6.07) is 12.0. The van der Waals surface area contributed by atoms with Gasteiger partial charge < -0.3 is 14.4 Å². The topological polar surface area (TPSA) is 51.7 Å². The molecule has 136 valence electrons. The number of benzene rings is 1. The van der Waals surface area contributed by atoms with E-state index in [9.17, 15) is 9.18 Å². The van der Waals surface area contributed by atoms with Crippen molar-refractivity contribution in [1.29, 1.82) is 0 Å². The van der Waals surface area contributed by atoms with Crippen molar-refractivity contribution >= 4 is 5.91 Å². The zero-order chi connectivity index (χ0) is 18.0. The molecule has 2 saturated heterocycles. The van der Waals surface area contributed by atoms with Crippen molar-refractivity contribution in [3.05, 3.63) is 60.0 Å². The van der Waals surface area contributed by atoms with Crippen LogP contribution in [0.15, 0.2) is 48.7 Å². The van der Waals surface area contributed by atoms with E-state index >= 15 is 0 Å². The molecule has 0 aliphatic carbocycles. The lowest BCUT2D eigenvalue weighted by molar-refractivity contribution is -0.193. The van der Waals surface area contributed by atoms with Crippen LogP contribution in [-0.2, 0) is 16.0 Å². The summed E-state index contributed by atoms with van der Waals surface area (Å²) < 4.78 is 25.6. The van der Waals surface area contributed by atoms with Crippen molar-refractivity contribution in [3.8, 4) is 5.88 Å². The number of hydrogen-bond acceptors (Lipinski definition) is 4. The second kappa shape index (κ2) is 7.03. The highest BCUT2D eigenvalue weighted by Gasteiger charge is 2.49. The molecular formula is C20H21FN2O3. The molecule has 1 atom stereocenters. The van der Waals surface area contributed by atoms with Crippen LogP contribution in [0.2, 0.25) is 0 Å². The lowest BCUT2D eigenvalue weighted by Crippen LogP contribution is -2.67. The number of rotatable bonds is 4. The molecule has 0 bridgehead atoms. The van der Waals surface area contributed by atoms with Crippen LogP contribution < -0.4 is 4.74 Å². The molecule has 0 radical (unpaired) electrons. The minimum absolute atomic E-state index is 0.0301. The number of aromatic nitrogens is 1. The summed E-state index contributed by atoms with van der Waals surface area (Å²) in [6.07, 6.45) is 3.35. The largest absolute Gasteiger partial charge is 0.474 e. The van der Waals surface area contributed by atoms with E-state index in [2.05, 4.69) is 4.98 Å². The van der Waals surface area contributed by atoms with Gasteiger partial charge in [-0.2, -0.15) is 0 Å². The Balaban J connectivity index is 1.32. The molecule has 5 nitrogen and oxygen atoms in total. The predicted molar refractivity (Wildman–Crippen MR) is 93.3 cm³/mol. The van der Waals surface area contributed by atoms with E-state index in [0.717, 1.165) is 12.8 Å². The summed E-state index contributed by atoms with van der Waals surface area (Å²) in [6.45, 7) is 1.66. The van der Waals surface area contributed by atoms with Gasteiger partial charge in [-0.1, -0.05) is 24.3 Å². The number of hydrogen-bond donors (Lipinski definition) is 0. The Bertz CT molecular complexity index is 778.